The topological polar surface area (TPSA) is 153 Å². The van der Waals surface area contributed by atoms with Gasteiger partial charge in [-0.25, -0.2) is 14.6 Å². The summed E-state index contributed by atoms with van der Waals surface area (Å²) in [6.45, 7) is 12.5. The Morgan fingerprint density at radius 1 is 0.857 bits per heavy atom. The lowest BCUT2D eigenvalue weighted by Gasteiger charge is -2.39. The molecule has 0 radical (unpaired) electrons. The summed E-state index contributed by atoms with van der Waals surface area (Å²) in [5.41, 5.74) is 2.58. The fourth-order valence-corrected chi connectivity index (χ4v) is 10.5. The average molecular weight is 974 g/mol. The third-order valence-electron chi connectivity index (χ3n) is 12.2. The van der Waals surface area contributed by atoms with Gasteiger partial charge in [0, 0.05) is 25.6 Å². The van der Waals surface area contributed by atoms with Gasteiger partial charge in [0.15, 0.2) is 30.1 Å². The smallest absolute Gasteiger partial charge is 0.263 e. The van der Waals surface area contributed by atoms with Crippen LogP contribution in [0.4, 0.5) is 5.82 Å². The number of methoxy groups -OCH3 is 3. The van der Waals surface area contributed by atoms with E-state index in [1.807, 2.05) is 103 Å². The predicted molar refractivity (Wildman–Crippen MR) is 269 cm³/mol. The van der Waals surface area contributed by atoms with Crippen molar-refractivity contribution in [3.63, 3.8) is 0 Å². The maximum Gasteiger partial charge on any atom is 0.263 e. The molecule has 0 spiro atoms. The summed E-state index contributed by atoms with van der Waals surface area (Å²) in [5, 5.41) is 2.78. The van der Waals surface area contributed by atoms with Gasteiger partial charge in [-0.15, -0.1) is 12.3 Å². The molecule has 370 valence electrons. The summed E-state index contributed by atoms with van der Waals surface area (Å²) in [4.78, 5) is 36.3. The second-order valence-electron chi connectivity index (χ2n) is 17.8. The maximum atomic E-state index is 13.7. The molecule has 7 rings (SSSR count). The van der Waals surface area contributed by atoms with Crippen LogP contribution in [0, 0.1) is 12.3 Å². The number of Topliss-reactive ketones (excluding diaryl/α,β-unsaturated/α-hetero) is 1. The van der Waals surface area contributed by atoms with Crippen molar-refractivity contribution in [1.29, 1.82) is 0 Å². The molecule has 70 heavy (non-hydrogen) atoms. The average Bonchev–Trinajstić information content (AvgIpc) is 3.95. The largest absolute Gasteiger partial charge is 0.497 e. The molecule has 0 aliphatic carbocycles. The highest BCUT2D eigenvalue weighted by atomic mass is 31.2. The van der Waals surface area contributed by atoms with E-state index in [1.165, 1.54) is 6.33 Å². The number of amides is 1. The van der Waals surface area contributed by atoms with Gasteiger partial charge >= 0.3 is 0 Å². The second-order valence-corrected chi connectivity index (χ2v) is 19.2. The van der Waals surface area contributed by atoms with E-state index in [0.717, 1.165) is 22.3 Å². The van der Waals surface area contributed by atoms with Crippen LogP contribution in [0.15, 0.2) is 114 Å². The van der Waals surface area contributed by atoms with Crippen LogP contribution >= 0.6 is 8.53 Å². The number of carbonyl (C=O) groups is 2. The molecule has 5 atom stereocenters. The van der Waals surface area contributed by atoms with Gasteiger partial charge in [-0.3, -0.25) is 14.2 Å². The molecular weight excluding hydrogens is 910 g/mol. The first-order valence-electron chi connectivity index (χ1n) is 23.5. The first-order chi connectivity index (χ1) is 33.8. The number of terminal acetylenes is 1. The molecule has 4 aromatic carbocycles. The van der Waals surface area contributed by atoms with Crippen LogP contribution in [-0.4, -0.2) is 103 Å². The second kappa shape index (κ2) is 23.8. The molecule has 0 bridgehead atoms. The number of ether oxygens (including phenoxy) is 6. The number of amidine groups is 1. The number of imidazole rings is 1. The summed E-state index contributed by atoms with van der Waals surface area (Å²) in [5.74, 6) is 4.48. The van der Waals surface area contributed by atoms with Crippen molar-refractivity contribution in [2.24, 2.45) is 4.99 Å². The SMILES string of the molecule is C#CCCOP(OC1C(COC(c2ccccc2)(c2ccc(OC)cc2)c2ccc(OC)cc2)OC(n2cnc3c2N=C(NC(=O)COc2ccc(C(C)C)cc2)CC3=O)C1OC)N(C(C)C)C(C)C. The zero-order chi connectivity index (χ0) is 50.0. The van der Waals surface area contributed by atoms with Crippen LogP contribution in [0.2, 0.25) is 0 Å². The first-order valence-corrected chi connectivity index (χ1v) is 24.6. The highest BCUT2D eigenvalue weighted by Gasteiger charge is 2.52. The lowest BCUT2D eigenvalue weighted by atomic mass is 9.80. The number of fused-ring (bicyclic) bond motifs is 1. The summed E-state index contributed by atoms with van der Waals surface area (Å²) in [6.07, 6.45) is 3.97. The number of ketones is 1. The maximum absolute atomic E-state index is 13.7. The molecule has 5 aromatic rings. The molecule has 5 unspecified atom stereocenters. The van der Waals surface area contributed by atoms with Gasteiger partial charge in [-0.1, -0.05) is 80.6 Å². The number of nitrogens with zero attached hydrogens (tertiary/aromatic N) is 4. The van der Waals surface area contributed by atoms with Crippen molar-refractivity contribution in [1.82, 2.24) is 19.5 Å². The third-order valence-corrected chi connectivity index (χ3v) is 14.3. The molecule has 2 aliphatic rings. The quantitative estimate of drug-likeness (QED) is 0.0304. The minimum atomic E-state index is -1.77. The molecule has 1 saturated heterocycles. The zero-order valence-electron chi connectivity index (χ0n) is 41.4. The number of aromatic nitrogens is 2. The minimum Gasteiger partial charge on any atom is -0.497 e. The summed E-state index contributed by atoms with van der Waals surface area (Å²) < 4.78 is 55.3. The van der Waals surface area contributed by atoms with E-state index in [-0.39, 0.29) is 61.5 Å². The molecule has 0 saturated carbocycles. The number of rotatable bonds is 22. The number of carbonyl (C=O) groups excluding carboxylic acids is 2. The number of nitrogens with one attached hydrogen (secondary N) is 1. The van der Waals surface area contributed by atoms with E-state index in [4.69, 9.17) is 48.9 Å². The number of benzene rings is 4. The summed E-state index contributed by atoms with van der Waals surface area (Å²) in [7, 11) is 3.06. The lowest BCUT2D eigenvalue weighted by Crippen LogP contribution is -2.42. The van der Waals surface area contributed by atoms with Crippen molar-refractivity contribution in [3.05, 3.63) is 137 Å². The Hall–Kier alpha value is -5.95. The van der Waals surface area contributed by atoms with Crippen molar-refractivity contribution in [2.75, 3.05) is 41.2 Å². The normalized spacial score (nSPS) is 18.5. The fourth-order valence-electron chi connectivity index (χ4n) is 8.76. The Kier molecular flexibility index (Phi) is 17.6. The van der Waals surface area contributed by atoms with Crippen LogP contribution in [0.1, 0.15) is 99.3 Å². The van der Waals surface area contributed by atoms with Crippen LogP contribution in [-0.2, 0) is 33.7 Å². The summed E-state index contributed by atoms with van der Waals surface area (Å²) in [6, 6.07) is 33.2. The molecule has 1 N–H and O–H groups in total. The summed E-state index contributed by atoms with van der Waals surface area (Å²) >= 11 is 0. The molecule has 15 nitrogen and oxygen atoms in total. The van der Waals surface area contributed by atoms with Crippen LogP contribution in [0.3, 0.4) is 0 Å². The molecule has 2 aliphatic heterocycles. The van der Waals surface area contributed by atoms with Gasteiger partial charge < -0.3 is 42.8 Å². The number of hydrogen-bond acceptors (Lipinski definition) is 13. The minimum absolute atomic E-state index is 0.0205. The number of aliphatic imine (C=N–C) groups is 1. The lowest BCUT2D eigenvalue weighted by molar-refractivity contribution is -0.121. The Morgan fingerprint density at radius 3 is 2.01 bits per heavy atom. The van der Waals surface area contributed by atoms with Gasteiger partial charge in [-0.05, 0) is 92.3 Å². The van der Waals surface area contributed by atoms with E-state index in [1.54, 1.807) is 25.9 Å². The third kappa shape index (κ3) is 11.6. The van der Waals surface area contributed by atoms with Gasteiger partial charge in [0.1, 0.15) is 47.0 Å². The van der Waals surface area contributed by atoms with E-state index >= 15 is 0 Å². The highest BCUT2D eigenvalue weighted by molar-refractivity contribution is 7.44. The predicted octanol–water partition coefficient (Wildman–Crippen LogP) is 9.53. The Labute approximate surface area is 412 Å². The monoisotopic (exact) mass is 973 g/mol. The Morgan fingerprint density at radius 2 is 1.46 bits per heavy atom. The molecule has 1 aromatic heterocycles. The molecule has 3 heterocycles. The van der Waals surface area contributed by atoms with Crippen molar-refractivity contribution in [2.45, 2.75) is 103 Å². The molecular formula is C54H64N5O10P. The van der Waals surface area contributed by atoms with Crippen LogP contribution in [0.25, 0.3) is 0 Å². The highest BCUT2D eigenvalue weighted by Crippen LogP contribution is 2.52. The van der Waals surface area contributed by atoms with Gasteiger partial charge in [-0.2, -0.15) is 0 Å². The van der Waals surface area contributed by atoms with E-state index in [9.17, 15) is 9.59 Å². The van der Waals surface area contributed by atoms with Gasteiger partial charge in [0.2, 0.25) is 0 Å². The van der Waals surface area contributed by atoms with Crippen LogP contribution < -0.4 is 19.5 Å². The molecule has 16 heteroatoms. The molecule has 1 amide bonds. The standard InChI is InChI=1S/C54H64N5O10P/c1-11-12-30-67-70(59(36(4)5)37(6)7)69-50-46(32-66-54(39-16-14-13-15-17-39,40-20-26-42(62-8)27-21-40)41-22-28-43(63-9)29-23-41)68-53(51(50)64-10)58-34-55-49-45(60)31-47(57-52(49)58)56-48(61)33-65-44-24-18-38(19-25-44)35(2)3/h1,13-29,34-37,46,50-51,53H,12,30-33H2,2-10H3,(H,56,57,61). The first kappa shape index (κ1) is 51.9. The molecule has 1 fully saturated rings. The van der Waals surface area contributed by atoms with Crippen molar-refractivity contribution in [3.8, 4) is 29.6 Å². The zero-order valence-corrected chi connectivity index (χ0v) is 42.3. The Balaban J connectivity index is 1.27. The number of hydrogen-bond donors (Lipinski definition) is 1. The van der Waals surface area contributed by atoms with Crippen LogP contribution in [0.5, 0.6) is 17.2 Å². The van der Waals surface area contributed by atoms with E-state index in [0.29, 0.717) is 29.6 Å². The van der Waals surface area contributed by atoms with Crippen molar-refractivity contribution >= 4 is 31.9 Å². The fraction of sp³-hybridized carbons (Fsp3) is 0.407. The van der Waals surface area contributed by atoms with E-state index < -0.39 is 44.6 Å². The van der Waals surface area contributed by atoms with Gasteiger partial charge in [0.05, 0.1) is 40.2 Å². The van der Waals surface area contributed by atoms with Gasteiger partial charge in [0.25, 0.3) is 14.4 Å². The van der Waals surface area contributed by atoms with E-state index in [2.05, 4.69) is 62.4 Å². The Bertz CT molecular complexity index is 2520. The van der Waals surface area contributed by atoms with Crippen molar-refractivity contribution < 1.29 is 47.1 Å².